The first-order valence-corrected chi connectivity index (χ1v) is 5.73. The minimum atomic E-state index is -0.468. The summed E-state index contributed by atoms with van der Waals surface area (Å²) in [6, 6.07) is 3.65. The number of thiazole rings is 1. The number of hydrogen-bond donors (Lipinski definition) is 2. The standard InChI is InChI=1S/C11H10FN3OS/c1-6-5-17-11(14-6)15-10(16)8-3-2-7(12)4-9(8)13/h2-5H,13H2,1H3,(H,14,15,16). The highest BCUT2D eigenvalue weighted by Gasteiger charge is 2.11. The molecule has 0 radical (unpaired) electrons. The largest absolute Gasteiger partial charge is 0.398 e. The summed E-state index contributed by atoms with van der Waals surface area (Å²) >= 11 is 1.32. The molecule has 0 aliphatic rings. The Kier molecular flexibility index (Phi) is 3.06. The highest BCUT2D eigenvalue weighted by molar-refractivity contribution is 7.13. The van der Waals surface area contributed by atoms with Crippen LogP contribution in [0.5, 0.6) is 0 Å². The number of halogens is 1. The molecule has 0 atom stereocenters. The zero-order chi connectivity index (χ0) is 12.4. The Hall–Kier alpha value is -1.95. The predicted octanol–water partition coefficient (Wildman–Crippen LogP) is 2.43. The predicted molar refractivity (Wildman–Crippen MR) is 65.6 cm³/mol. The molecule has 0 saturated heterocycles. The van der Waals surface area contributed by atoms with Crippen LogP contribution in [0, 0.1) is 12.7 Å². The minimum Gasteiger partial charge on any atom is -0.398 e. The lowest BCUT2D eigenvalue weighted by molar-refractivity contribution is 0.102. The van der Waals surface area contributed by atoms with Crippen molar-refractivity contribution >= 4 is 28.1 Å². The highest BCUT2D eigenvalue weighted by atomic mass is 32.1. The molecular formula is C11H10FN3OS. The van der Waals surface area contributed by atoms with Crippen LogP contribution in [-0.4, -0.2) is 10.9 Å². The van der Waals surface area contributed by atoms with Crippen LogP contribution in [0.4, 0.5) is 15.2 Å². The molecule has 1 heterocycles. The number of nitrogens with one attached hydrogen (secondary N) is 1. The van der Waals surface area contributed by atoms with Crippen LogP contribution in [0.15, 0.2) is 23.6 Å². The fourth-order valence-electron chi connectivity index (χ4n) is 1.32. The number of aromatic nitrogens is 1. The summed E-state index contributed by atoms with van der Waals surface area (Å²) in [6.45, 7) is 1.83. The van der Waals surface area contributed by atoms with Crippen molar-refractivity contribution in [3.05, 3.63) is 40.7 Å². The van der Waals surface area contributed by atoms with Crippen LogP contribution in [0.2, 0.25) is 0 Å². The quantitative estimate of drug-likeness (QED) is 0.805. The van der Waals surface area contributed by atoms with Crippen LogP contribution in [0.1, 0.15) is 16.1 Å². The molecule has 1 amide bonds. The van der Waals surface area contributed by atoms with Crippen molar-refractivity contribution in [2.24, 2.45) is 0 Å². The van der Waals surface area contributed by atoms with E-state index < -0.39 is 11.7 Å². The topological polar surface area (TPSA) is 68.0 Å². The van der Waals surface area contributed by atoms with Crippen molar-refractivity contribution in [2.45, 2.75) is 6.92 Å². The average Bonchev–Trinajstić information content (AvgIpc) is 2.63. The second kappa shape index (κ2) is 4.50. The molecule has 17 heavy (non-hydrogen) atoms. The molecule has 88 valence electrons. The second-order valence-corrected chi connectivity index (χ2v) is 4.34. The maximum absolute atomic E-state index is 12.8. The zero-order valence-electron chi connectivity index (χ0n) is 9.03. The van der Waals surface area contributed by atoms with E-state index in [4.69, 9.17) is 5.73 Å². The number of rotatable bonds is 2. The van der Waals surface area contributed by atoms with Crippen LogP contribution < -0.4 is 11.1 Å². The van der Waals surface area contributed by atoms with Crippen molar-refractivity contribution in [3.8, 4) is 0 Å². The van der Waals surface area contributed by atoms with Gasteiger partial charge >= 0.3 is 0 Å². The fraction of sp³-hybridized carbons (Fsp3) is 0.0909. The minimum absolute atomic E-state index is 0.107. The van der Waals surface area contributed by atoms with Gasteiger partial charge in [0, 0.05) is 11.1 Å². The Morgan fingerprint density at radius 1 is 1.53 bits per heavy atom. The molecule has 2 aromatic rings. The van der Waals surface area contributed by atoms with Crippen LogP contribution >= 0.6 is 11.3 Å². The summed E-state index contributed by atoms with van der Waals surface area (Å²) in [6.07, 6.45) is 0. The van der Waals surface area contributed by atoms with E-state index in [9.17, 15) is 9.18 Å². The Bertz CT molecular complexity index is 568. The number of amides is 1. The third-order valence-electron chi connectivity index (χ3n) is 2.10. The van der Waals surface area contributed by atoms with Gasteiger partial charge in [-0.1, -0.05) is 0 Å². The van der Waals surface area contributed by atoms with Gasteiger partial charge in [0.25, 0.3) is 5.91 Å². The number of nitrogens with zero attached hydrogens (tertiary/aromatic N) is 1. The zero-order valence-corrected chi connectivity index (χ0v) is 9.84. The van der Waals surface area contributed by atoms with E-state index >= 15 is 0 Å². The SMILES string of the molecule is Cc1csc(NC(=O)c2ccc(F)cc2N)n1. The van der Waals surface area contributed by atoms with Gasteiger partial charge in [-0.2, -0.15) is 0 Å². The number of aryl methyl sites for hydroxylation is 1. The lowest BCUT2D eigenvalue weighted by Crippen LogP contribution is -2.14. The van der Waals surface area contributed by atoms with Crippen molar-refractivity contribution in [1.82, 2.24) is 4.98 Å². The van der Waals surface area contributed by atoms with Gasteiger partial charge in [0.15, 0.2) is 5.13 Å². The third-order valence-corrected chi connectivity index (χ3v) is 2.97. The molecule has 1 aromatic carbocycles. The van der Waals surface area contributed by atoms with E-state index in [1.807, 2.05) is 12.3 Å². The Morgan fingerprint density at radius 3 is 2.88 bits per heavy atom. The smallest absolute Gasteiger partial charge is 0.259 e. The van der Waals surface area contributed by atoms with Gasteiger partial charge in [0.05, 0.1) is 11.3 Å². The van der Waals surface area contributed by atoms with Gasteiger partial charge in [-0.05, 0) is 25.1 Å². The summed E-state index contributed by atoms with van der Waals surface area (Å²) < 4.78 is 12.8. The average molecular weight is 251 g/mol. The van der Waals surface area contributed by atoms with Crippen molar-refractivity contribution in [3.63, 3.8) is 0 Å². The normalized spacial score (nSPS) is 10.2. The van der Waals surface area contributed by atoms with Crippen molar-refractivity contribution < 1.29 is 9.18 Å². The number of carbonyl (C=O) groups is 1. The van der Waals surface area contributed by atoms with E-state index in [1.165, 1.54) is 23.5 Å². The lowest BCUT2D eigenvalue weighted by Gasteiger charge is -2.04. The fourth-order valence-corrected chi connectivity index (χ4v) is 2.00. The Morgan fingerprint density at radius 2 is 2.29 bits per heavy atom. The summed E-state index contributed by atoms with van der Waals surface area (Å²) in [5, 5.41) is 4.92. The van der Waals surface area contributed by atoms with E-state index in [-0.39, 0.29) is 11.3 Å². The number of benzene rings is 1. The summed E-state index contributed by atoms with van der Waals surface area (Å²) in [5.74, 6) is -0.860. The summed E-state index contributed by atoms with van der Waals surface area (Å²) in [4.78, 5) is 15.9. The summed E-state index contributed by atoms with van der Waals surface area (Å²) in [7, 11) is 0. The first-order valence-electron chi connectivity index (χ1n) is 4.85. The van der Waals surface area contributed by atoms with E-state index in [2.05, 4.69) is 10.3 Å². The molecule has 0 aliphatic heterocycles. The molecule has 0 fully saturated rings. The molecule has 0 aliphatic carbocycles. The molecule has 3 N–H and O–H groups in total. The monoisotopic (exact) mass is 251 g/mol. The maximum Gasteiger partial charge on any atom is 0.259 e. The number of anilines is 2. The van der Waals surface area contributed by atoms with Crippen molar-refractivity contribution in [1.29, 1.82) is 0 Å². The van der Waals surface area contributed by atoms with E-state index in [1.54, 1.807) is 0 Å². The first kappa shape index (κ1) is 11.5. The van der Waals surface area contributed by atoms with Gasteiger partial charge in [-0.15, -0.1) is 11.3 Å². The van der Waals surface area contributed by atoms with Gasteiger partial charge in [-0.3, -0.25) is 10.1 Å². The van der Waals surface area contributed by atoms with E-state index in [0.717, 1.165) is 11.8 Å². The number of carbonyl (C=O) groups excluding carboxylic acids is 1. The third kappa shape index (κ3) is 2.59. The number of hydrogen-bond acceptors (Lipinski definition) is 4. The first-order chi connectivity index (χ1) is 8.06. The van der Waals surface area contributed by atoms with Crippen LogP contribution in [0.25, 0.3) is 0 Å². The molecule has 4 nitrogen and oxygen atoms in total. The van der Waals surface area contributed by atoms with Gasteiger partial charge in [-0.25, -0.2) is 9.37 Å². The maximum atomic E-state index is 12.8. The Labute approximate surface area is 101 Å². The van der Waals surface area contributed by atoms with Crippen molar-refractivity contribution in [2.75, 3.05) is 11.1 Å². The number of nitrogen functional groups attached to an aromatic ring is 1. The number of nitrogens with two attached hydrogens (primary N) is 1. The van der Waals surface area contributed by atoms with Gasteiger partial charge < -0.3 is 5.73 Å². The molecular weight excluding hydrogens is 241 g/mol. The van der Waals surface area contributed by atoms with E-state index in [0.29, 0.717) is 5.13 Å². The molecule has 0 spiro atoms. The lowest BCUT2D eigenvalue weighted by atomic mass is 10.1. The van der Waals surface area contributed by atoms with Gasteiger partial charge in [0.2, 0.25) is 0 Å². The van der Waals surface area contributed by atoms with Crippen LogP contribution in [0.3, 0.4) is 0 Å². The van der Waals surface area contributed by atoms with Gasteiger partial charge in [0.1, 0.15) is 5.82 Å². The molecule has 1 aromatic heterocycles. The molecule has 0 bridgehead atoms. The summed E-state index contributed by atoms with van der Waals surface area (Å²) in [5.41, 5.74) is 6.74. The molecule has 6 heteroatoms. The van der Waals surface area contributed by atoms with Crippen LogP contribution in [-0.2, 0) is 0 Å². The molecule has 2 rings (SSSR count). The molecule has 0 saturated carbocycles. The molecule has 0 unspecified atom stereocenters. The second-order valence-electron chi connectivity index (χ2n) is 3.48. The highest BCUT2D eigenvalue weighted by Crippen LogP contribution is 2.18. The Balaban J connectivity index is 2.20.